The maximum atomic E-state index is 11.9. The van der Waals surface area contributed by atoms with Crippen molar-refractivity contribution in [1.29, 1.82) is 5.26 Å². The summed E-state index contributed by atoms with van der Waals surface area (Å²) < 4.78 is 5.10. The lowest BCUT2D eigenvalue weighted by Gasteiger charge is -2.16. The number of amides is 3. The summed E-state index contributed by atoms with van der Waals surface area (Å²) in [6, 6.07) is 10.6. The van der Waals surface area contributed by atoms with Gasteiger partial charge in [0.1, 0.15) is 12.6 Å². The lowest BCUT2D eigenvalue weighted by Crippen LogP contribution is -2.45. The summed E-state index contributed by atoms with van der Waals surface area (Å²) in [5.74, 6) is -1.29. The average molecular weight is 388 g/mol. The van der Waals surface area contributed by atoms with E-state index in [9.17, 15) is 14.4 Å². The van der Waals surface area contributed by atoms with E-state index in [0.717, 1.165) is 12.0 Å². The summed E-state index contributed by atoms with van der Waals surface area (Å²) in [6.07, 6.45) is 2.04. The molecule has 1 aromatic rings. The second-order valence-corrected chi connectivity index (χ2v) is 6.59. The number of rotatable bonds is 12. The van der Waals surface area contributed by atoms with Gasteiger partial charge in [0, 0.05) is 18.9 Å². The molecule has 0 fully saturated rings. The number of unbranched alkanes of at least 4 members (excludes halogenated alkanes) is 2. The van der Waals surface area contributed by atoms with Gasteiger partial charge in [-0.05, 0) is 31.7 Å². The van der Waals surface area contributed by atoms with Crippen molar-refractivity contribution in [3.63, 3.8) is 0 Å². The predicted molar refractivity (Wildman–Crippen MR) is 104 cm³/mol. The molecule has 0 unspecified atom stereocenters. The summed E-state index contributed by atoms with van der Waals surface area (Å²) in [7, 11) is 0. The van der Waals surface area contributed by atoms with E-state index in [2.05, 4.69) is 10.6 Å². The van der Waals surface area contributed by atoms with Crippen LogP contribution in [0.5, 0.6) is 0 Å². The molecule has 1 aromatic carbocycles. The minimum atomic E-state index is -0.830. The molecular weight excluding hydrogens is 360 g/mol. The smallest absolute Gasteiger partial charge is 0.407 e. The van der Waals surface area contributed by atoms with Crippen molar-refractivity contribution >= 4 is 17.9 Å². The first-order chi connectivity index (χ1) is 13.4. The summed E-state index contributed by atoms with van der Waals surface area (Å²) in [5, 5.41) is 14.0. The van der Waals surface area contributed by atoms with Gasteiger partial charge in [0.15, 0.2) is 0 Å². The molecule has 0 heterocycles. The van der Waals surface area contributed by atoms with Crippen LogP contribution >= 0.6 is 0 Å². The second-order valence-electron chi connectivity index (χ2n) is 6.59. The maximum absolute atomic E-state index is 11.9. The molecule has 0 bridgehead atoms. The molecule has 8 heteroatoms. The highest BCUT2D eigenvalue weighted by Crippen LogP contribution is 2.06. The number of alkyl carbamates (subject to hydrolysis) is 1. The van der Waals surface area contributed by atoms with Crippen LogP contribution in [0, 0.1) is 17.2 Å². The third kappa shape index (κ3) is 10.2. The van der Waals surface area contributed by atoms with Crippen LogP contribution in [0.25, 0.3) is 0 Å². The van der Waals surface area contributed by atoms with E-state index < -0.39 is 18.0 Å². The molecule has 0 aliphatic heterocycles. The third-order valence-electron chi connectivity index (χ3n) is 4.05. The van der Waals surface area contributed by atoms with Crippen molar-refractivity contribution in [2.75, 3.05) is 6.54 Å². The van der Waals surface area contributed by atoms with Crippen LogP contribution < -0.4 is 16.4 Å². The molecule has 0 aliphatic rings. The van der Waals surface area contributed by atoms with Gasteiger partial charge in [-0.3, -0.25) is 9.59 Å². The Labute approximate surface area is 165 Å². The largest absolute Gasteiger partial charge is 0.445 e. The van der Waals surface area contributed by atoms with Crippen molar-refractivity contribution in [3.8, 4) is 6.07 Å². The van der Waals surface area contributed by atoms with Gasteiger partial charge < -0.3 is 21.1 Å². The lowest BCUT2D eigenvalue weighted by atomic mass is 10.0. The first kappa shape index (κ1) is 23.0. The number of primary amides is 1. The number of nitrogens with one attached hydrogen (secondary N) is 2. The number of hydrogen-bond acceptors (Lipinski definition) is 5. The Balaban J connectivity index is 2.11. The summed E-state index contributed by atoms with van der Waals surface area (Å²) in [6.45, 7) is 2.34. The molecule has 0 radical (unpaired) electrons. The van der Waals surface area contributed by atoms with Crippen LogP contribution in [0.2, 0.25) is 0 Å². The molecule has 0 aromatic heterocycles. The van der Waals surface area contributed by atoms with Crippen molar-refractivity contribution in [3.05, 3.63) is 35.9 Å². The number of ether oxygens (including phenoxy) is 1. The monoisotopic (exact) mass is 388 g/mol. The minimum absolute atomic E-state index is 0.201. The standard InChI is InChI=1S/C20H28N4O4/c1-15(13-21)12-17(19(22)26)24-18(25)10-6-3-7-11-23-20(27)28-14-16-8-4-2-5-9-16/h2,4-5,8-9,15,17H,3,6-7,10-12,14H2,1H3,(H2,22,26)(H,23,27)(H,24,25)/t15-,17+/m0/s1. The fraction of sp³-hybridized carbons (Fsp3) is 0.500. The highest BCUT2D eigenvalue weighted by molar-refractivity contribution is 5.86. The number of carbonyl (C=O) groups is 3. The summed E-state index contributed by atoms with van der Waals surface area (Å²) in [5.41, 5.74) is 6.18. The van der Waals surface area contributed by atoms with Gasteiger partial charge in [0.25, 0.3) is 0 Å². The third-order valence-corrected chi connectivity index (χ3v) is 4.05. The van der Waals surface area contributed by atoms with Gasteiger partial charge in [0.2, 0.25) is 11.8 Å². The normalized spacial score (nSPS) is 12.3. The van der Waals surface area contributed by atoms with Gasteiger partial charge in [-0.25, -0.2) is 4.79 Å². The quantitative estimate of drug-likeness (QED) is 0.471. The minimum Gasteiger partial charge on any atom is -0.445 e. The molecule has 8 nitrogen and oxygen atoms in total. The Kier molecular flexibility index (Phi) is 10.8. The Morgan fingerprint density at radius 2 is 1.89 bits per heavy atom. The summed E-state index contributed by atoms with van der Waals surface area (Å²) in [4.78, 5) is 34.8. The van der Waals surface area contributed by atoms with Crippen LogP contribution in [-0.2, 0) is 20.9 Å². The molecule has 4 N–H and O–H groups in total. The zero-order valence-corrected chi connectivity index (χ0v) is 16.1. The molecule has 28 heavy (non-hydrogen) atoms. The van der Waals surface area contributed by atoms with Crippen LogP contribution in [0.15, 0.2) is 30.3 Å². The van der Waals surface area contributed by atoms with Crippen LogP contribution in [-0.4, -0.2) is 30.5 Å². The van der Waals surface area contributed by atoms with Gasteiger partial charge in [-0.2, -0.15) is 5.26 Å². The highest BCUT2D eigenvalue weighted by atomic mass is 16.5. The molecule has 0 saturated carbocycles. The number of benzene rings is 1. The van der Waals surface area contributed by atoms with Gasteiger partial charge >= 0.3 is 6.09 Å². The Morgan fingerprint density at radius 3 is 2.54 bits per heavy atom. The van der Waals surface area contributed by atoms with Crippen molar-refractivity contribution in [2.45, 2.75) is 51.7 Å². The maximum Gasteiger partial charge on any atom is 0.407 e. The second kappa shape index (κ2) is 13.1. The fourth-order valence-corrected chi connectivity index (χ4v) is 2.47. The number of carbonyl (C=O) groups excluding carboxylic acids is 3. The first-order valence-electron chi connectivity index (χ1n) is 9.35. The van der Waals surface area contributed by atoms with E-state index in [1.807, 2.05) is 36.4 Å². The Hall–Kier alpha value is -3.08. The van der Waals surface area contributed by atoms with E-state index >= 15 is 0 Å². The van der Waals surface area contributed by atoms with Gasteiger partial charge in [-0.15, -0.1) is 0 Å². The molecule has 0 spiro atoms. The van der Waals surface area contributed by atoms with E-state index in [1.165, 1.54) is 0 Å². The number of nitrogens with zero attached hydrogens (tertiary/aromatic N) is 1. The van der Waals surface area contributed by atoms with Gasteiger partial charge in [0.05, 0.1) is 6.07 Å². The number of nitrogens with two attached hydrogens (primary N) is 1. The molecular formula is C20H28N4O4. The van der Waals surface area contributed by atoms with Crippen LogP contribution in [0.4, 0.5) is 4.79 Å². The highest BCUT2D eigenvalue weighted by Gasteiger charge is 2.20. The Morgan fingerprint density at radius 1 is 1.18 bits per heavy atom. The van der Waals surface area contributed by atoms with E-state index in [1.54, 1.807) is 6.92 Å². The molecule has 0 aliphatic carbocycles. The molecule has 0 saturated heterocycles. The number of hydrogen-bond donors (Lipinski definition) is 3. The average Bonchev–Trinajstić information content (AvgIpc) is 2.69. The lowest BCUT2D eigenvalue weighted by molar-refractivity contribution is -0.127. The van der Waals surface area contributed by atoms with Crippen molar-refractivity contribution in [2.24, 2.45) is 11.7 Å². The van der Waals surface area contributed by atoms with E-state index in [0.29, 0.717) is 19.4 Å². The molecule has 152 valence electrons. The number of nitriles is 1. The van der Waals surface area contributed by atoms with Crippen LogP contribution in [0.1, 0.15) is 44.6 Å². The Bertz CT molecular complexity index is 673. The zero-order chi connectivity index (χ0) is 20.8. The fourth-order valence-electron chi connectivity index (χ4n) is 2.47. The van der Waals surface area contributed by atoms with Gasteiger partial charge in [-0.1, -0.05) is 36.8 Å². The molecule has 1 rings (SSSR count). The molecule has 3 amide bonds. The van der Waals surface area contributed by atoms with Crippen molar-refractivity contribution < 1.29 is 19.1 Å². The topological polar surface area (TPSA) is 134 Å². The first-order valence-corrected chi connectivity index (χ1v) is 9.35. The molecule has 2 atom stereocenters. The summed E-state index contributed by atoms with van der Waals surface area (Å²) >= 11 is 0. The van der Waals surface area contributed by atoms with Crippen LogP contribution in [0.3, 0.4) is 0 Å². The van der Waals surface area contributed by atoms with E-state index in [4.69, 9.17) is 15.7 Å². The predicted octanol–water partition coefficient (Wildman–Crippen LogP) is 1.99. The van der Waals surface area contributed by atoms with Crippen molar-refractivity contribution in [1.82, 2.24) is 10.6 Å². The zero-order valence-electron chi connectivity index (χ0n) is 16.1. The van der Waals surface area contributed by atoms with E-state index in [-0.39, 0.29) is 31.3 Å². The SMILES string of the molecule is C[C@H](C#N)C[C@@H](NC(=O)CCCCCNC(=O)OCc1ccccc1)C(N)=O.